The monoisotopic (exact) mass is 232 g/mol. The fraction of sp³-hybridized carbons (Fsp3) is 0.700. The molecule has 0 aliphatic carbocycles. The van der Waals surface area contributed by atoms with Crippen LogP contribution in [0, 0.1) is 0 Å². The first-order valence-corrected chi connectivity index (χ1v) is 5.94. The minimum Gasteiger partial charge on any atom is -0.316 e. The molecule has 0 saturated carbocycles. The summed E-state index contributed by atoms with van der Waals surface area (Å²) in [7, 11) is 0. The molecule has 1 N–H and O–H groups in total. The van der Waals surface area contributed by atoms with Crippen LogP contribution in [0.2, 0.25) is 0 Å². The van der Waals surface area contributed by atoms with E-state index in [-0.39, 0.29) is 4.88 Å². The van der Waals surface area contributed by atoms with Gasteiger partial charge in [-0.3, -0.25) is 0 Å². The number of rotatable bonds is 2. The van der Waals surface area contributed by atoms with Crippen molar-refractivity contribution in [2.75, 3.05) is 13.1 Å². The van der Waals surface area contributed by atoms with Crippen LogP contribution in [-0.2, 0) is 5.92 Å². The van der Waals surface area contributed by atoms with E-state index in [9.17, 15) is 8.78 Å². The van der Waals surface area contributed by atoms with Crippen LogP contribution in [0.15, 0.2) is 6.20 Å². The highest BCUT2D eigenvalue weighted by atomic mass is 32.1. The van der Waals surface area contributed by atoms with Gasteiger partial charge in [0.05, 0.1) is 9.88 Å². The average Bonchev–Trinajstić information content (AvgIpc) is 2.67. The third-order valence-corrected chi connectivity index (χ3v) is 3.93. The van der Waals surface area contributed by atoms with Crippen LogP contribution in [0.25, 0.3) is 0 Å². The summed E-state index contributed by atoms with van der Waals surface area (Å²) < 4.78 is 26.0. The summed E-state index contributed by atoms with van der Waals surface area (Å²) in [5.41, 5.74) is 0. The fourth-order valence-corrected chi connectivity index (χ4v) is 2.73. The van der Waals surface area contributed by atoms with Crippen molar-refractivity contribution in [2.24, 2.45) is 0 Å². The Balaban J connectivity index is 2.12. The number of aromatic nitrogens is 1. The smallest absolute Gasteiger partial charge is 0.281 e. The van der Waals surface area contributed by atoms with Gasteiger partial charge in [0, 0.05) is 25.6 Å². The Morgan fingerprint density at radius 2 is 2.40 bits per heavy atom. The lowest BCUT2D eigenvalue weighted by atomic mass is 10.0. The molecule has 0 radical (unpaired) electrons. The van der Waals surface area contributed by atoms with Crippen LogP contribution < -0.4 is 5.32 Å². The molecule has 5 heteroatoms. The Morgan fingerprint density at radius 1 is 1.60 bits per heavy atom. The quantitative estimate of drug-likeness (QED) is 0.848. The Morgan fingerprint density at radius 3 is 2.93 bits per heavy atom. The van der Waals surface area contributed by atoms with Gasteiger partial charge >= 0.3 is 0 Å². The number of nitrogens with zero attached hydrogens (tertiary/aromatic N) is 1. The molecule has 1 saturated heterocycles. The Bertz CT molecular complexity index is 326. The van der Waals surface area contributed by atoms with Gasteiger partial charge in [0.15, 0.2) is 0 Å². The topological polar surface area (TPSA) is 24.9 Å². The van der Waals surface area contributed by atoms with E-state index >= 15 is 0 Å². The lowest BCUT2D eigenvalue weighted by molar-refractivity contribution is 0.0213. The number of thiazole rings is 1. The first kappa shape index (κ1) is 11.0. The summed E-state index contributed by atoms with van der Waals surface area (Å²) in [5, 5.41) is 4.11. The van der Waals surface area contributed by atoms with E-state index in [1.165, 1.54) is 6.20 Å². The number of halogens is 2. The third-order valence-electron chi connectivity index (χ3n) is 2.60. The van der Waals surface area contributed by atoms with Gasteiger partial charge < -0.3 is 5.32 Å². The van der Waals surface area contributed by atoms with Crippen LogP contribution in [-0.4, -0.2) is 18.1 Å². The lowest BCUT2D eigenvalue weighted by Gasteiger charge is -2.20. The molecule has 1 fully saturated rings. The van der Waals surface area contributed by atoms with Gasteiger partial charge in [-0.05, 0) is 19.4 Å². The zero-order valence-electron chi connectivity index (χ0n) is 8.59. The molecule has 1 unspecified atom stereocenters. The van der Waals surface area contributed by atoms with E-state index in [0.29, 0.717) is 5.92 Å². The van der Waals surface area contributed by atoms with Gasteiger partial charge in [0.25, 0.3) is 5.92 Å². The van der Waals surface area contributed by atoms with E-state index in [1.54, 1.807) is 0 Å². The van der Waals surface area contributed by atoms with Crippen LogP contribution in [0.5, 0.6) is 0 Å². The molecular weight excluding hydrogens is 218 g/mol. The zero-order valence-corrected chi connectivity index (χ0v) is 9.41. The van der Waals surface area contributed by atoms with Gasteiger partial charge in [-0.2, -0.15) is 0 Å². The molecule has 0 amide bonds. The van der Waals surface area contributed by atoms with Crippen molar-refractivity contribution in [1.82, 2.24) is 10.3 Å². The molecule has 0 spiro atoms. The number of piperidine rings is 1. The Hall–Kier alpha value is -0.550. The molecule has 15 heavy (non-hydrogen) atoms. The maximum absolute atomic E-state index is 13.0. The summed E-state index contributed by atoms with van der Waals surface area (Å²) in [5.74, 6) is -2.43. The lowest BCUT2D eigenvalue weighted by Crippen LogP contribution is -2.28. The van der Waals surface area contributed by atoms with Gasteiger partial charge in [-0.1, -0.05) is 0 Å². The van der Waals surface area contributed by atoms with E-state index in [4.69, 9.17) is 0 Å². The molecule has 2 heterocycles. The van der Waals surface area contributed by atoms with Crippen LogP contribution in [0.3, 0.4) is 0 Å². The molecule has 2 nitrogen and oxygen atoms in total. The Kier molecular flexibility index (Phi) is 3.02. The van der Waals surface area contributed by atoms with Crippen LogP contribution >= 0.6 is 11.3 Å². The number of alkyl halides is 2. The van der Waals surface area contributed by atoms with Gasteiger partial charge in [-0.15, -0.1) is 11.3 Å². The molecule has 1 aliphatic rings. The van der Waals surface area contributed by atoms with Crippen molar-refractivity contribution < 1.29 is 8.78 Å². The fourth-order valence-electron chi connectivity index (χ4n) is 1.74. The van der Waals surface area contributed by atoms with Crippen LogP contribution in [0.4, 0.5) is 8.78 Å². The predicted molar refractivity (Wildman–Crippen MR) is 56.5 cm³/mol. The molecule has 0 aromatic carbocycles. The van der Waals surface area contributed by atoms with E-state index in [0.717, 1.165) is 49.2 Å². The first-order valence-electron chi connectivity index (χ1n) is 5.12. The highest BCUT2D eigenvalue weighted by Gasteiger charge is 2.29. The maximum Gasteiger partial charge on any atom is 0.281 e. The van der Waals surface area contributed by atoms with E-state index < -0.39 is 5.92 Å². The summed E-state index contributed by atoms with van der Waals surface area (Å²) in [6.45, 7) is 2.81. The first-order chi connectivity index (χ1) is 7.07. The second kappa shape index (κ2) is 4.14. The van der Waals surface area contributed by atoms with Crippen molar-refractivity contribution in [2.45, 2.75) is 31.6 Å². The Labute approximate surface area is 91.7 Å². The number of nitrogens with one attached hydrogen (secondary N) is 1. The minimum absolute atomic E-state index is 0.0723. The van der Waals surface area contributed by atoms with Gasteiger partial charge in [-0.25, -0.2) is 13.8 Å². The summed E-state index contributed by atoms with van der Waals surface area (Å²) in [6.07, 6.45) is 3.46. The van der Waals surface area contributed by atoms with Crippen molar-refractivity contribution in [3.05, 3.63) is 16.1 Å². The highest BCUT2D eigenvalue weighted by molar-refractivity contribution is 7.11. The molecular formula is C10H14F2N2S. The number of hydrogen-bond donors (Lipinski definition) is 1. The molecule has 0 bridgehead atoms. The maximum atomic E-state index is 13.0. The normalized spacial score (nSPS) is 23.0. The standard InChI is InChI=1S/C10H14F2N2S/c1-10(11,12)8-6-14-9(15-8)7-3-2-4-13-5-7/h6-7,13H,2-5H2,1H3. The molecule has 84 valence electrons. The third kappa shape index (κ3) is 2.52. The van der Waals surface area contributed by atoms with Crippen LogP contribution in [0.1, 0.15) is 35.6 Å². The van der Waals surface area contributed by atoms with E-state index in [1.807, 2.05) is 0 Å². The largest absolute Gasteiger partial charge is 0.316 e. The minimum atomic E-state index is -2.75. The zero-order chi connectivity index (χ0) is 10.9. The van der Waals surface area contributed by atoms with Crippen molar-refractivity contribution in [1.29, 1.82) is 0 Å². The summed E-state index contributed by atoms with van der Waals surface area (Å²) >= 11 is 1.15. The van der Waals surface area contributed by atoms with E-state index in [2.05, 4.69) is 10.3 Å². The highest BCUT2D eigenvalue weighted by Crippen LogP contribution is 2.35. The van der Waals surface area contributed by atoms with Crippen molar-refractivity contribution in [3.63, 3.8) is 0 Å². The van der Waals surface area contributed by atoms with Crippen molar-refractivity contribution >= 4 is 11.3 Å². The van der Waals surface area contributed by atoms with Gasteiger partial charge in [0.2, 0.25) is 0 Å². The number of hydrogen-bond acceptors (Lipinski definition) is 3. The summed E-state index contributed by atoms with van der Waals surface area (Å²) in [6, 6.07) is 0. The molecule has 1 atom stereocenters. The SMILES string of the molecule is CC(F)(F)c1cnc(C2CCCNC2)s1. The molecule has 1 aromatic rings. The van der Waals surface area contributed by atoms with Gasteiger partial charge in [0.1, 0.15) is 0 Å². The molecule has 2 rings (SSSR count). The second-order valence-electron chi connectivity index (χ2n) is 3.99. The molecule has 1 aromatic heterocycles. The van der Waals surface area contributed by atoms with Crippen molar-refractivity contribution in [3.8, 4) is 0 Å². The average molecular weight is 232 g/mol. The second-order valence-corrected chi connectivity index (χ2v) is 5.06. The predicted octanol–water partition coefficient (Wildman–Crippen LogP) is 2.72. The summed E-state index contributed by atoms with van der Waals surface area (Å²) in [4.78, 5) is 4.18. The molecule has 1 aliphatic heterocycles.